The lowest BCUT2D eigenvalue weighted by Gasteiger charge is -2.12. The normalized spacial score (nSPS) is 11.0. The van der Waals surface area contributed by atoms with E-state index in [1.807, 2.05) is 23.2 Å². The maximum Gasteiger partial charge on any atom is 0.170 e. The summed E-state index contributed by atoms with van der Waals surface area (Å²) in [5.41, 5.74) is 7.71. The van der Waals surface area contributed by atoms with Gasteiger partial charge >= 0.3 is 0 Å². The summed E-state index contributed by atoms with van der Waals surface area (Å²) in [6.45, 7) is 12.7. The highest BCUT2D eigenvalue weighted by atomic mass is 79.9. The van der Waals surface area contributed by atoms with Gasteiger partial charge in [0.15, 0.2) is 5.11 Å². The van der Waals surface area contributed by atoms with E-state index in [0.29, 0.717) is 5.11 Å². The van der Waals surface area contributed by atoms with E-state index in [2.05, 4.69) is 76.7 Å². The highest BCUT2D eigenvalue weighted by Gasteiger charge is 2.14. The highest BCUT2D eigenvalue weighted by Crippen LogP contribution is 2.21. The Labute approximate surface area is 192 Å². The minimum atomic E-state index is 0.617. The maximum absolute atomic E-state index is 5.51. The van der Waals surface area contributed by atoms with Crippen molar-refractivity contribution in [3.63, 3.8) is 0 Å². The Bertz CT molecular complexity index is 1050. The van der Waals surface area contributed by atoms with Crippen LogP contribution in [0.2, 0.25) is 0 Å². The van der Waals surface area contributed by atoms with Crippen LogP contribution in [0.4, 0.5) is 5.69 Å². The predicted octanol–water partition coefficient (Wildman–Crippen LogP) is 4.81. The van der Waals surface area contributed by atoms with Crippen LogP contribution in [0.15, 0.2) is 28.7 Å². The third kappa shape index (κ3) is 5.10. The number of anilines is 1. The molecule has 0 spiro atoms. The molecule has 6 nitrogen and oxygen atoms in total. The summed E-state index contributed by atoms with van der Waals surface area (Å²) in [6.07, 6.45) is 0.931. The van der Waals surface area contributed by atoms with Gasteiger partial charge in [0.2, 0.25) is 0 Å². The number of nitrogens with one attached hydrogen (secondary N) is 2. The predicted molar refractivity (Wildman–Crippen MR) is 130 cm³/mol. The maximum atomic E-state index is 5.51. The minimum Gasteiger partial charge on any atom is -0.362 e. The smallest absolute Gasteiger partial charge is 0.170 e. The van der Waals surface area contributed by atoms with E-state index in [-0.39, 0.29) is 0 Å². The van der Waals surface area contributed by atoms with Crippen LogP contribution in [0.5, 0.6) is 0 Å². The average molecular weight is 489 g/mol. The van der Waals surface area contributed by atoms with Crippen LogP contribution in [0.1, 0.15) is 40.3 Å². The van der Waals surface area contributed by atoms with Crippen LogP contribution >= 0.6 is 28.1 Å². The molecule has 0 bridgehead atoms. The number of aryl methyl sites for hydroxylation is 4. The van der Waals surface area contributed by atoms with E-state index < -0.39 is 0 Å². The summed E-state index contributed by atoms with van der Waals surface area (Å²) in [6, 6.07) is 8.40. The molecule has 2 N–H and O–H groups in total. The first-order valence-corrected chi connectivity index (χ1v) is 11.3. The van der Waals surface area contributed by atoms with Gasteiger partial charge in [-0.2, -0.15) is 10.2 Å². The van der Waals surface area contributed by atoms with E-state index in [9.17, 15) is 0 Å². The quantitative estimate of drug-likeness (QED) is 0.369. The second-order valence-electron chi connectivity index (χ2n) is 7.57. The number of nitrogens with zero attached hydrogens (tertiary/aromatic N) is 4. The van der Waals surface area contributed by atoms with Gasteiger partial charge in [-0.3, -0.25) is 9.36 Å². The van der Waals surface area contributed by atoms with Gasteiger partial charge in [0.25, 0.3) is 0 Å². The second kappa shape index (κ2) is 9.75. The SMILES string of the molecule is Cc1ccccc1Cn1nc(C)c(NC(=S)NCCCn2nc(C)c(Br)c2C)c1C. The Kier molecular flexibility index (Phi) is 7.31. The molecule has 1 aromatic carbocycles. The molecule has 0 saturated carbocycles. The lowest BCUT2D eigenvalue weighted by atomic mass is 10.1. The third-order valence-electron chi connectivity index (χ3n) is 5.33. The highest BCUT2D eigenvalue weighted by molar-refractivity contribution is 9.10. The molecule has 3 rings (SSSR count). The molecule has 0 fully saturated rings. The molecule has 0 aliphatic heterocycles. The Morgan fingerprint density at radius 1 is 1.00 bits per heavy atom. The van der Waals surface area contributed by atoms with Crippen LogP contribution in [0.3, 0.4) is 0 Å². The van der Waals surface area contributed by atoms with Crippen LogP contribution in [0.25, 0.3) is 0 Å². The van der Waals surface area contributed by atoms with Crippen molar-refractivity contribution in [2.24, 2.45) is 0 Å². The van der Waals surface area contributed by atoms with E-state index >= 15 is 0 Å². The summed E-state index contributed by atoms with van der Waals surface area (Å²) < 4.78 is 5.14. The van der Waals surface area contributed by atoms with Gasteiger partial charge in [0.05, 0.1) is 33.8 Å². The molecule has 0 aliphatic rings. The van der Waals surface area contributed by atoms with Gasteiger partial charge in [0, 0.05) is 18.8 Å². The van der Waals surface area contributed by atoms with Gasteiger partial charge in [-0.05, 0) is 80.3 Å². The van der Waals surface area contributed by atoms with E-state index in [4.69, 9.17) is 17.3 Å². The molecule has 0 saturated heterocycles. The fraction of sp³-hybridized carbons (Fsp3) is 0.409. The molecule has 0 aliphatic carbocycles. The monoisotopic (exact) mass is 488 g/mol. The molecule has 30 heavy (non-hydrogen) atoms. The van der Waals surface area contributed by atoms with Crippen molar-refractivity contribution in [1.82, 2.24) is 24.9 Å². The molecule has 3 aromatic rings. The zero-order chi connectivity index (χ0) is 21.8. The van der Waals surface area contributed by atoms with Gasteiger partial charge in [0.1, 0.15) is 0 Å². The summed E-state index contributed by atoms with van der Waals surface area (Å²) in [4.78, 5) is 0. The largest absolute Gasteiger partial charge is 0.362 e. The number of hydrogen-bond acceptors (Lipinski definition) is 3. The minimum absolute atomic E-state index is 0.617. The van der Waals surface area contributed by atoms with Crippen molar-refractivity contribution in [1.29, 1.82) is 0 Å². The van der Waals surface area contributed by atoms with E-state index in [1.54, 1.807) is 0 Å². The molecule has 160 valence electrons. The summed E-state index contributed by atoms with van der Waals surface area (Å²) in [5, 5.41) is 16.5. The number of benzene rings is 1. The molecule has 0 atom stereocenters. The van der Waals surface area contributed by atoms with Crippen molar-refractivity contribution in [3.8, 4) is 0 Å². The fourth-order valence-corrected chi connectivity index (χ4v) is 3.95. The first-order valence-electron chi connectivity index (χ1n) is 10.1. The van der Waals surface area contributed by atoms with Gasteiger partial charge in [-0.1, -0.05) is 24.3 Å². The Hall–Kier alpha value is -2.19. The lowest BCUT2D eigenvalue weighted by Crippen LogP contribution is -2.30. The van der Waals surface area contributed by atoms with E-state index in [1.165, 1.54) is 11.1 Å². The number of aromatic nitrogens is 4. The molecular formula is C22H29BrN6S. The third-order valence-corrected chi connectivity index (χ3v) is 6.72. The number of halogens is 1. The molecule has 0 unspecified atom stereocenters. The summed E-state index contributed by atoms with van der Waals surface area (Å²) in [7, 11) is 0. The van der Waals surface area contributed by atoms with Crippen LogP contribution in [-0.4, -0.2) is 31.2 Å². The Balaban J connectivity index is 1.54. The van der Waals surface area contributed by atoms with Gasteiger partial charge in [-0.15, -0.1) is 0 Å². The molecule has 0 amide bonds. The lowest BCUT2D eigenvalue weighted by molar-refractivity contribution is 0.558. The van der Waals surface area contributed by atoms with Crippen molar-refractivity contribution in [2.75, 3.05) is 11.9 Å². The number of thiocarbonyl (C=S) groups is 1. The molecule has 8 heteroatoms. The van der Waals surface area contributed by atoms with Crippen molar-refractivity contribution in [3.05, 3.63) is 62.6 Å². The standard InChI is InChI=1S/C22H29BrN6S/c1-14-9-6-7-10-19(14)13-29-18(5)21(16(3)27-29)25-22(30)24-11-8-12-28-17(4)20(23)15(2)26-28/h6-7,9-10H,8,11-13H2,1-5H3,(H2,24,25,30). The average Bonchev–Trinajstić information content (AvgIpc) is 3.11. The van der Waals surface area contributed by atoms with Crippen LogP contribution in [0, 0.1) is 34.6 Å². The van der Waals surface area contributed by atoms with Crippen LogP contribution < -0.4 is 10.6 Å². The number of rotatable bonds is 7. The first kappa shape index (κ1) is 22.5. The fourth-order valence-electron chi connectivity index (χ4n) is 3.46. The zero-order valence-electron chi connectivity index (χ0n) is 18.2. The Morgan fingerprint density at radius 3 is 2.37 bits per heavy atom. The number of hydrogen-bond donors (Lipinski definition) is 2. The van der Waals surface area contributed by atoms with Crippen molar-refractivity contribution >= 4 is 38.9 Å². The van der Waals surface area contributed by atoms with E-state index in [0.717, 1.165) is 59.0 Å². The summed E-state index contributed by atoms with van der Waals surface area (Å²) in [5.74, 6) is 0. The van der Waals surface area contributed by atoms with Gasteiger partial charge < -0.3 is 10.6 Å². The topological polar surface area (TPSA) is 59.7 Å². The van der Waals surface area contributed by atoms with Crippen LogP contribution in [-0.2, 0) is 13.1 Å². The second-order valence-corrected chi connectivity index (χ2v) is 8.77. The zero-order valence-corrected chi connectivity index (χ0v) is 20.6. The molecule has 2 aromatic heterocycles. The molecule has 0 radical (unpaired) electrons. The molecular weight excluding hydrogens is 460 g/mol. The Morgan fingerprint density at radius 2 is 1.70 bits per heavy atom. The molecule has 2 heterocycles. The first-order chi connectivity index (χ1) is 14.3. The van der Waals surface area contributed by atoms with Gasteiger partial charge in [-0.25, -0.2) is 0 Å². The summed E-state index contributed by atoms with van der Waals surface area (Å²) >= 11 is 9.08. The van der Waals surface area contributed by atoms with Crippen molar-refractivity contribution in [2.45, 2.75) is 54.1 Å². The van der Waals surface area contributed by atoms with Crippen molar-refractivity contribution < 1.29 is 0 Å².